The zero-order valence-corrected chi connectivity index (χ0v) is 20.9. The number of aromatic nitrogens is 2. The summed E-state index contributed by atoms with van der Waals surface area (Å²) in [4.78, 5) is 28.3. The van der Waals surface area contributed by atoms with E-state index in [-0.39, 0.29) is 23.3 Å². The van der Waals surface area contributed by atoms with Gasteiger partial charge in [0, 0.05) is 5.56 Å². The van der Waals surface area contributed by atoms with Crippen LogP contribution in [0.5, 0.6) is 0 Å². The monoisotopic (exact) mass is 473 g/mol. The molecule has 2 heterocycles. The lowest BCUT2D eigenvalue weighted by molar-refractivity contribution is -0.120. The molecule has 1 fully saturated rings. The normalized spacial score (nSPS) is 19.9. The van der Waals surface area contributed by atoms with Crippen LogP contribution in [-0.4, -0.2) is 62.3 Å². The fraction of sp³-hybridized carbons (Fsp3) is 0.542. The first kappa shape index (κ1) is 23.6. The minimum Gasteiger partial charge on any atom is -0.394 e. The second-order valence-electron chi connectivity index (χ2n) is 10.3. The Bertz CT molecular complexity index is 1040. The summed E-state index contributed by atoms with van der Waals surface area (Å²) in [5.74, 6) is 0.547. The summed E-state index contributed by atoms with van der Waals surface area (Å²) in [6.07, 6.45) is 9.48. The molecule has 1 aliphatic heterocycles. The Kier molecular flexibility index (Phi) is 5.99. The summed E-state index contributed by atoms with van der Waals surface area (Å²) in [5.41, 5.74) is 1.85. The maximum absolute atomic E-state index is 13.3. The topological polar surface area (TPSA) is 110 Å². The summed E-state index contributed by atoms with van der Waals surface area (Å²) < 4.78 is -0.311. The Balaban J connectivity index is 1.52. The number of fused-ring (bicyclic) bond motifs is 1. The van der Waals surface area contributed by atoms with Gasteiger partial charge in [-0.1, -0.05) is 30.3 Å². The van der Waals surface area contributed by atoms with Gasteiger partial charge in [0.2, 0.25) is 5.91 Å². The van der Waals surface area contributed by atoms with Crippen LogP contribution in [0.2, 0.25) is 0 Å². The number of amides is 3. The van der Waals surface area contributed by atoms with E-state index in [1.165, 1.54) is 0 Å². The summed E-state index contributed by atoms with van der Waals surface area (Å²) in [5, 5.41) is 23.4. The first-order valence-electron chi connectivity index (χ1n) is 11.3. The van der Waals surface area contributed by atoms with Gasteiger partial charge in [-0.2, -0.15) is 5.10 Å². The minimum atomic E-state index is -1.08. The third-order valence-corrected chi connectivity index (χ3v) is 10.3. The second-order valence-corrected chi connectivity index (χ2v) is 14.8. The van der Waals surface area contributed by atoms with Crippen molar-refractivity contribution in [3.63, 3.8) is 0 Å². The number of benzene rings is 1. The first-order chi connectivity index (χ1) is 15.5. The van der Waals surface area contributed by atoms with Gasteiger partial charge >= 0.3 is 6.03 Å². The molecule has 2 aromatic rings. The highest BCUT2D eigenvalue weighted by Crippen LogP contribution is 2.60. The molecule has 33 heavy (non-hydrogen) atoms. The van der Waals surface area contributed by atoms with Crippen molar-refractivity contribution >= 4 is 27.8 Å². The number of anilines is 1. The lowest BCUT2D eigenvalue weighted by Crippen LogP contribution is -2.51. The van der Waals surface area contributed by atoms with E-state index in [1.807, 2.05) is 44.2 Å². The number of rotatable bonds is 6. The molecule has 0 spiro atoms. The van der Waals surface area contributed by atoms with E-state index in [4.69, 9.17) is 0 Å². The Morgan fingerprint density at radius 3 is 2.42 bits per heavy atom. The van der Waals surface area contributed by atoms with Gasteiger partial charge in [-0.15, -0.1) is 0 Å². The average Bonchev–Trinajstić information content (AvgIpc) is 3.23. The smallest absolute Gasteiger partial charge is 0.319 e. The van der Waals surface area contributed by atoms with E-state index in [0.717, 1.165) is 36.1 Å². The third kappa shape index (κ3) is 3.91. The molecule has 0 radical (unpaired) electrons. The predicted octanol–water partition coefficient (Wildman–Crippen LogP) is 3.46. The number of carbonyl (C=O) groups is 2. The first-order valence-corrected chi connectivity index (χ1v) is 14.2. The molecule has 9 heteroatoms. The fourth-order valence-electron chi connectivity index (χ4n) is 4.93. The van der Waals surface area contributed by atoms with E-state index in [1.54, 1.807) is 4.90 Å². The van der Waals surface area contributed by atoms with Gasteiger partial charge < -0.3 is 20.6 Å². The predicted molar refractivity (Wildman–Crippen MR) is 133 cm³/mol. The van der Waals surface area contributed by atoms with Gasteiger partial charge in [0.15, 0.2) is 5.82 Å². The van der Waals surface area contributed by atoms with Gasteiger partial charge in [0.05, 0.1) is 35.2 Å². The van der Waals surface area contributed by atoms with Gasteiger partial charge in [0.25, 0.3) is 0 Å². The highest BCUT2D eigenvalue weighted by atomic mass is 32.3. The SMILES string of the molecule is CC1(C)c2[nH]nc(NC(=O)C3(S(C)(C)C)CCC3)c2CN1C(=O)N[C@@H](CO)c1ccccc1. The Hall–Kier alpha value is -2.52. The molecule has 2 aliphatic rings. The number of aromatic amines is 1. The molecule has 8 nitrogen and oxygen atoms in total. The number of aliphatic hydroxyl groups is 1. The van der Waals surface area contributed by atoms with Crippen LogP contribution >= 0.6 is 10.0 Å². The fourth-order valence-corrected chi connectivity index (χ4v) is 7.05. The van der Waals surface area contributed by atoms with Crippen molar-refractivity contribution in [3.05, 3.63) is 47.2 Å². The number of H-pyrrole nitrogens is 1. The quantitative estimate of drug-likeness (QED) is 0.515. The molecule has 1 aromatic heterocycles. The number of nitrogens with zero attached hydrogens (tertiary/aromatic N) is 2. The van der Waals surface area contributed by atoms with Crippen LogP contribution in [0.4, 0.5) is 10.6 Å². The van der Waals surface area contributed by atoms with Crippen molar-refractivity contribution in [2.24, 2.45) is 0 Å². The van der Waals surface area contributed by atoms with E-state index in [0.29, 0.717) is 12.4 Å². The molecule has 0 saturated heterocycles. The van der Waals surface area contributed by atoms with E-state index in [9.17, 15) is 14.7 Å². The number of aliphatic hydroxyl groups excluding tert-OH is 1. The van der Waals surface area contributed by atoms with Gasteiger partial charge in [-0.25, -0.2) is 14.8 Å². The van der Waals surface area contributed by atoms with Crippen molar-refractivity contribution in [3.8, 4) is 0 Å². The van der Waals surface area contributed by atoms with Crippen molar-refractivity contribution < 1.29 is 14.7 Å². The Labute approximate surface area is 196 Å². The van der Waals surface area contributed by atoms with Crippen molar-refractivity contribution in [1.82, 2.24) is 20.4 Å². The molecule has 4 rings (SSSR count). The lowest BCUT2D eigenvalue weighted by Gasteiger charge is -2.53. The molecule has 1 aromatic carbocycles. The van der Waals surface area contributed by atoms with Crippen molar-refractivity contribution in [2.75, 3.05) is 30.7 Å². The van der Waals surface area contributed by atoms with E-state index >= 15 is 0 Å². The molecule has 3 amide bonds. The molecular formula is C24H35N5O3S. The average molecular weight is 474 g/mol. The maximum Gasteiger partial charge on any atom is 0.319 e. The highest BCUT2D eigenvalue weighted by Gasteiger charge is 2.51. The molecule has 1 aliphatic carbocycles. The second kappa shape index (κ2) is 8.36. The summed E-state index contributed by atoms with van der Waals surface area (Å²) in [7, 11) is -1.08. The van der Waals surface area contributed by atoms with Crippen LogP contribution in [0, 0.1) is 0 Å². The summed E-state index contributed by atoms with van der Waals surface area (Å²) in [6.45, 7) is 4.02. The number of hydrogen-bond donors (Lipinski definition) is 4. The zero-order valence-electron chi connectivity index (χ0n) is 20.1. The van der Waals surface area contributed by atoms with Crippen molar-refractivity contribution in [1.29, 1.82) is 0 Å². The minimum absolute atomic E-state index is 0.0377. The van der Waals surface area contributed by atoms with Crippen LogP contribution in [-0.2, 0) is 16.9 Å². The van der Waals surface area contributed by atoms with Gasteiger partial charge in [0.1, 0.15) is 0 Å². The standard InChI is InChI=1S/C24H35N5O3S/c1-23(2)19-17(14-29(23)22(32)25-18(15-30)16-10-7-6-8-11-16)20(28-27-19)26-21(31)24(12-9-13-24)33(3,4)5/h6-8,10-11,18,30H,9,12-15H2,1-5H3,(H,25,32)(H2,26,27,28,31)/t18-/m0/s1. The maximum atomic E-state index is 13.3. The van der Waals surface area contributed by atoms with E-state index in [2.05, 4.69) is 39.6 Å². The third-order valence-electron chi connectivity index (χ3n) is 7.38. The molecule has 180 valence electrons. The molecule has 1 saturated carbocycles. The highest BCUT2D eigenvalue weighted by molar-refractivity contribution is 8.33. The van der Waals surface area contributed by atoms with Crippen molar-refractivity contribution in [2.45, 2.75) is 56.0 Å². The van der Waals surface area contributed by atoms with Gasteiger partial charge in [-0.05, 0) is 57.4 Å². The largest absolute Gasteiger partial charge is 0.394 e. The van der Waals surface area contributed by atoms with Crippen LogP contribution in [0.1, 0.15) is 56.0 Å². The number of nitrogens with one attached hydrogen (secondary N) is 3. The zero-order chi connectivity index (χ0) is 24.0. The summed E-state index contributed by atoms with van der Waals surface area (Å²) >= 11 is 0. The molecule has 0 unspecified atom stereocenters. The Morgan fingerprint density at radius 2 is 1.88 bits per heavy atom. The molecule has 0 bridgehead atoms. The van der Waals surface area contributed by atoms with Crippen LogP contribution in [0.15, 0.2) is 30.3 Å². The number of urea groups is 1. The van der Waals surface area contributed by atoms with E-state index < -0.39 is 21.6 Å². The Morgan fingerprint density at radius 1 is 1.21 bits per heavy atom. The molecular weight excluding hydrogens is 438 g/mol. The summed E-state index contributed by atoms with van der Waals surface area (Å²) in [6, 6.07) is 8.63. The number of hydrogen-bond acceptors (Lipinski definition) is 4. The van der Waals surface area contributed by atoms with Crippen LogP contribution in [0.25, 0.3) is 0 Å². The number of carbonyl (C=O) groups excluding carboxylic acids is 2. The molecule has 1 atom stereocenters. The van der Waals surface area contributed by atoms with Crippen LogP contribution in [0.3, 0.4) is 0 Å². The van der Waals surface area contributed by atoms with Gasteiger partial charge in [-0.3, -0.25) is 9.89 Å². The molecule has 4 N–H and O–H groups in total. The lowest BCUT2D eigenvalue weighted by atomic mass is 9.83. The van der Waals surface area contributed by atoms with Crippen LogP contribution < -0.4 is 10.6 Å².